The van der Waals surface area contributed by atoms with E-state index in [1.807, 2.05) is 0 Å². The van der Waals surface area contributed by atoms with E-state index in [1.54, 1.807) is 18.3 Å². The minimum Gasteiger partial charge on any atom is -0.478 e. The first kappa shape index (κ1) is 10.3. The number of benzene rings is 1. The molecule has 1 aromatic heterocycles. The number of hydrogen-bond donors (Lipinski definition) is 1. The number of halogens is 1. The average molecular weight is 217 g/mol. The topological polar surface area (TPSA) is 50.2 Å². The van der Waals surface area contributed by atoms with Crippen LogP contribution in [0.2, 0.25) is 0 Å². The molecule has 0 spiro atoms. The van der Waals surface area contributed by atoms with Crippen molar-refractivity contribution in [2.24, 2.45) is 0 Å². The fraction of sp³-hybridized carbons (Fsp3) is 0. The summed E-state index contributed by atoms with van der Waals surface area (Å²) in [6.07, 6.45) is 2.98. The zero-order valence-corrected chi connectivity index (χ0v) is 8.22. The minimum atomic E-state index is -1.15. The normalized spacial score (nSPS) is 10.1. The maximum absolute atomic E-state index is 13.6. The lowest BCUT2D eigenvalue weighted by molar-refractivity contribution is 0.0697. The molecule has 0 fully saturated rings. The molecule has 4 heteroatoms. The maximum Gasteiger partial charge on any atom is 0.336 e. The van der Waals surface area contributed by atoms with Crippen molar-refractivity contribution in [2.45, 2.75) is 0 Å². The van der Waals surface area contributed by atoms with Crippen molar-refractivity contribution < 1.29 is 14.3 Å². The Hall–Kier alpha value is -2.23. The van der Waals surface area contributed by atoms with E-state index in [9.17, 15) is 9.18 Å². The van der Waals surface area contributed by atoms with Crippen LogP contribution in [0.25, 0.3) is 11.1 Å². The van der Waals surface area contributed by atoms with Gasteiger partial charge in [0.2, 0.25) is 0 Å². The van der Waals surface area contributed by atoms with Gasteiger partial charge in [0.25, 0.3) is 0 Å². The molecule has 0 saturated carbocycles. The third-order valence-electron chi connectivity index (χ3n) is 2.19. The van der Waals surface area contributed by atoms with E-state index in [0.717, 1.165) is 0 Å². The highest BCUT2D eigenvalue weighted by atomic mass is 19.1. The summed E-state index contributed by atoms with van der Waals surface area (Å²) in [6.45, 7) is 0. The van der Waals surface area contributed by atoms with Crippen LogP contribution in [0.1, 0.15) is 10.4 Å². The van der Waals surface area contributed by atoms with Gasteiger partial charge in [-0.05, 0) is 18.2 Å². The van der Waals surface area contributed by atoms with Crippen molar-refractivity contribution >= 4 is 5.97 Å². The van der Waals surface area contributed by atoms with Crippen molar-refractivity contribution in [2.75, 3.05) is 0 Å². The van der Waals surface area contributed by atoms with Crippen LogP contribution < -0.4 is 0 Å². The van der Waals surface area contributed by atoms with Crippen molar-refractivity contribution in [1.82, 2.24) is 4.98 Å². The molecule has 0 aliphatic rings. The fourth-order valence-electron chi connectivity index (χ4n) is 1.51. The van der Waals surface area contributed by atoms with Crippen LogP contribution in [0, 0.1) is 5.82 Å². The van der Waals surface area contributed by atoms with Crippen LogP contribution in [-0.4, -0.2) is 16.1 Å². The predicted molar refractivity (Wildman–Crippen MR) is 56.6 cm³/mol. The van der Waals surface area contributed by atoms with Crippen molar-refractivity contribution in [3.05, 3.63) is 54.1 Å². The van der Waals surface area contributed by atoms with Crippen LogP contribution in [-0.2, 0) is 0 Å². The molecule has 0 amide bonds. The second kappa shape index (κ2) is 4.10. The summed E-state index contributed by atoms with van der Waals surface area (Å²) in [7, 11) is 0. The van der Waals surface area contributed by atoms with Gasteiger partial charge in [-0.25, -0.2) is 9.18 Å². The molecule has 1 heterocycles. The number of nitrogens with zero attached hydrogens (tertiary/aromatic N) is 1. The summed E-state index contributed by atoms with van der Waals surface area (Å²) in [5.74, 6) is -1.72. The number of carboxylic acids is 1. The number of rotatable bonds is 2. The Balaban J connectivity index is 2.68. The van der Waals surface area contributed by atoms with Crippen LogP contribution in [0.15, 0.2) is 42.7 Å². The summed E-state index contributed by atoms with van der Waals surface area (Å²) in [4.78, 5) is 14.8. The number of aromatic nitrogens is 1. The first-order valence-corrected chi connectivity index (χ1v) is 4.62. The van der Waals surface area contributed by atoms with Gasteiger partial charge in [-0.2, -0.15) is 0 Å². The Morgan fingerprint density at radius 1 is 1.25 bits per heavy atom. The molecule has 16 heavy (non-hydrogen) atoms. The molecule has 0 radical (unpaired) electrons. The van der Waals surface area contributed by atoms with Crippen LogP contribution in [0.5, 0.6) is 0 Å². The van der Waals surface area contributed by atoms with E-state index >= 15 is 0 Å². The van der Waals surface area contributed by atoms with E-state index in [-0.39, 0.29) is 11.1 Å². The van der Waals surface area contributed by atoms with Crippen LogP contribution in [0.4, 0.5) is 4.39 Å². The first-order valence-electron chi connectivity index (χ1n) is 4.62. The van der Waals surface area contributed by atoms with Crippen molar-refractivity contribution in [3.63, 3.8) is 0 Å². The number of carbonyl (C=O) groups is 1. The molecule has 1 N–H and O–H groups in total. The quantitative estimate of drug-likeness (QED) is 0.841. The third-order valence-corrected chi connectivity index (χ3v) is 2.19. The molecule has 2 rings (SSSR count). The van der Waals surface area contributed by atoms with Crippen molar-refractivity contribution in [3.8, 4) is 11.1 Å². The van der Waals surface area contributed by atoms with E-state index in [0.29, 0.717) is 5.56 Å². The Kier molecular flexibility index (Phi) is 2.64. The molecular weight excluding hydrogens is 209 g/mol. The average Bonchev–Trinajstić information content (AvgIpc) is 2.29. The third kappa shape index (κ3) is 1.77. The largest absolute Gasteiger partial charge is 0.478 e. The smallest absolute Gasteiger partial charge is 0.336 e. The van der Waals surface area contributed by atoms with E-state index in [4.69, 9.17) is 5.11 Å². The van der Waals surface area contributed by atoms with E-state index in [2.05, 4.69) is 4.98 Å². The van der Waals surface area contributed by atoms with E-state index < -0.39 is 11.8 Å². The molecule has 0 aliphatic carbocycles. The number of hydrogen-bond acceptors (Lipinski definition) is 2. The monoisotopic (exact) mass is 217 g/mol. The zero-order valence-electron chi connectivity index (χ0n) is 8.22. The van der Waals surface area contributed by atoms with Gasteiger partial charge in [0.15, 0.2) is 0 Å². The molecule has 80 valence electrons. The molecule has 2 aromatic rings. The predicted octanol–water partition coefficient (Wildman–Crippen LogP) is 2.59. The van der Waals surface area contributed by atoms with Gasteiger partial charge in [0, 0.05) is 23.5 Å². The SMILES string of the molecule is O=C(O)c1cccc(F)c1-c1cccnc1. The van der Waals surface area contributed by atoms with Gasteiger partial charge in [0.05, 0.1) is 5.56 Å². The second-order valence-electron chi connectivity index (χ2n) is 3.21. The van der Waals surface area contributed by atoms with Crippen LogP contribution in [0.3, 0.4) is 0 Å². The van der Waals surface area contributed by atoms with E-state index in [1.165, 1.54) is 24.4 Å². The lowest BCUT2D eigenvalue weighted by atomic mass is 10.0. The Morgan fingerprint density at radius 2 is 2.06 bits per heavy atom. The molecule has 0 saturated heterocycles. The summed E-state index contributed by atoms with van der Waals surface area (Å²) in [6, 6.07) is 7.23. The highest BCUT2D eigenvalue weighted by molar-refractivity contribution is 5.96. The van der Waals surface area contributed by atoms with Gasteiger partial charge in [-0.1, -0.05) is 12.1 Å². The number of pyridine rings is 1. The molecule has 0 atom stereocenters. The lowest BCUT2D eigenvalue weighted by Crippen LogP contribution is -2.01. The Morgan fingerprint density at radius 3 is 2.69 bits per heavy atom. The summed E-state index contributed by atoms with van der Waals surface area (Å²) in [5.41, 5.74) is 0.467. The molecule has 0 bridgehead atoms. The van der Waals surface area contributed by atoms with Gasteiger partial charge in [0.1, 0.15) is 5.82 Å². The highest BCUT2D eigenvalue weighted by Crippen LogP contribution is 2.25. The zero-order chi connectivity index (χ0) is 11.5. The summed E-state index contributed by atoms with van der Waals surface area (Å²) >= 11 is 0. The molecule has 0 aliphatic heterocycles. The van der Waals surface area contributed by atoms with Gasteiger partial charge >= 0.3 is 5.97 Å². The summed E-state index contributed by atoms with van der Waals surface area (Å²) in [5, 5.41) is 8.96. The maximum atomic E-state index is 13.6. The number of carboxylic acid groups (broad SMARTS) is 1. The fourth-order valence-corrected chi connectivity index (χ4v) is 1.51. The highest BCUT2D eigenvalue weighted by Gasteiger charge is 2.15. The molecular formula is C12H8FNO2. The van der Waals surface area contributed by atoms with Crippen molar-refractivity contribution in [1.29, 1.82) is 0 Å². The van der Waals surface area contributed by atoms with Gasteiger partial charge < -0.3 is 5.11 Å². The van der Waals surface area contributed by atoms with Gasteiger partial charge in [-0.3, -0.25) is 4.98 Å². The number of aromatic carboxylic acids is 1. The minimum absolute atomic E-state index is 0.0620. The molecule has 1 aromatic carbocycles. The van der Waals surface area contributed by atoms with Crippen LogP contribution >= 0.6 is 0 Å². The standard InChI is InChI=1S/C12H8FNO2/c13-10-5-1-4-9(12(15)16)11(10)8-3-2-6-14-7-8/h1-7H,(H,15,16). The lowest BCUT2D eigenvalue weighted by Gasteiger charge is -2.06. The summed E-state index contributed by atoms with van der Waals surface area (Å²) < 4.78 is 13.6. The first-order chi connectivity index (χ1) is 7.70. The molecule has 3 nitrogen and oxygen atoms in total. The van der Waals surface area contributed by atoms with Gasteiger partial charge in [-0.15, -0.1) is 0 Å². The second-order valence-corrected chi connectivity index (χ2v) is 3.21. The molecule has 0 unspecified atom stereocenters. The Bertz CT molecular complexity index is 526. The Labute approximate surface area is 91.2 Å².